The minimum absolute atomic E-state index is 0.0252. The lowest BCUT2D eigenvalue weighted by atomic mass is 9.77. The van der Waals surface area contributed by atoms with Crippen molar-refractivity contribution in [3.63, 3.8) is 0 Å². The molecule has 4 rings (SSSR count). The number of aliphatic hydroxyl groups excluding tert-OH is 1. The molecule has 2 fully saturated rings. The normalized spacial score (nSPS) is 33.4. The van der Waals surface area contributed by atoms with Crippen molar-refractivity contribution < 1.29 is 24.4 Å². The van der Waals surface area contributed by atoms with E-state index in [1.54, 1.807) is 12.2 Å². The number of rotatable bonds is 3. The highest BCUT2D eigenvalue weighted by atomic mass is 35.5. The molecule has 3 heterocycles. The van der Waals surface area contributed by atoms with Crippen molar-refractivity contribution in [3.05, 3.63) is 45.5 Å². The third-order valence-corrected chi connectivity index (χ3v) is 5.10. The van der Waals surface area contributed by atoms with Crippen LogP contribution in [0.2, 0.25) is 5.02 Å². The second-order valence-corrected chi connectivity index (χ2v) is 6.37. The topological polar surface area (TPSA) is 110 Å². The molecule has 4 atom stereocenters. The van der Waals surface area contributed by atoms with Crippen LogP contribution in [-0.4, -0.2) is 40.2 Å². The summed E-state index contributed by atoms with van der Waals surface area (Å²) in [6.45, 7) is -0.434. The van der Waals surface area contributed by atoms with E-state index in [1.165, 1.54) is 12.1 Å². The predicted molar refractivity (Wildman–Crippen MR) is 81.4 cm³/mol. The van der Waals surface area contributed by atoms with Crippen molar-refractivity contribution in [2.24, 2.45) is 11.8 Å². The molecule has 0 aliphatic carbocycles. The number of nitro benzene ring substituents is 1. The Morgan fingerprint density at radius 3 is 2.79 bits per heavy atom. The second-order valence-electron chi connectivity index (χ2n) is 5.96. The number of non-ortho nitro benzene ring substituents is 1. The van der Waals surface area contributed by atoms with Crippen LogP contribution in [0.1, 0.15) is 0 Å². The number of amides is 2. The number of carbonyl (C=O) groups excluding carboxylic acids is 2. The number of halogens is 1. The summed E-state index contributed by atoms with van der Waals surface area (Å²) in [7, 11) is 0. The maximum absolute atomic E-state index is 12.8. The molecular weight excluding hydrogens is 340 g/mol. The molecule has 2 amide bonds. The number of nitro groups is 1. The van der Waals surface area contributed by atoms with E-state index in [4.69, 9.17) is 16.3 Å². The Morgan fingerprint density at radius 2 is 2.12 bits per heavy atom. The van der Waals surface area contributed by atoms with Crippen molar-refractivity contribution in [1.82, 2.24) is 0 Å². The van der Waals surface area contributed by atoms with Crippen LogP contribution in [0.3, 0.4) is 0 Å². The fourth-order valence-corrected chi connectivity index (χ4v) is 3.91. The van der Waals surface area contributed by atoms with Gasteiger partial charge in [-0.15, -0.1) is 0 Å². The van der Waals surface area contributed by atoms with Crippen LogP contribution in [-0.2, 0) is 14.3 Å². The number of hydrogen-bond acceptors (Lipinski definition) is 6. The molecule has 0 radical (unpaired) electrons. The monoisotopic (exact) mass is 350 g/mol. The van der Waals surface area contributed by atoms with Gasteiger partial charge < -0.3 is 9.84 Å². The molecule has 1 N–H and O–H groups in total. The van der Waals surface area contributed by atoms with Gasteiger partial charge in [0.15, 0.2) is 0 Å². The Morgan fingerprint density at radius 1 is 1.38 bits per heavy atom. The first kappa shape index (κ1) is 15.3. The van der Waals surface area contributed by atoms with Crippen molar-refractivity contribution in [2.75, 3.05) is 11.5 Å². The highest BCUT2D eigenvalue weighted by molar-refractivity contribution is 6.36. The zero-order valence-corrected chi connectivity index (χ0v) is 12.8. The number of fused-ring (bicyclic) bond motifs is 5. The van der Waals surface area contributed by atoms with E-state index in [0.717, 1.165) is 11.0 Å². The minimum atomic E-state index is -1.22. The number of anilines is 1. The van der Waals surface area contributed by atoms with Crippen molar-refractivity contribution in [1.29, 1.82) is 0 Å². The maximum atomic E-state index is 12.8. The van der Waals surface area contributed by atoms with Crippen LogP contribution < -0.4 is 4.90 Å². The molecule has 0 spiro atoms. The molecule has 8 nitrogen and oxygen atoms in total. The van der Waals surface area contributed by atoms with Gasteiger partial charge in [0, 0.05) is 12.1 Å². The lowest BCUT2D eigenvalue weighted by molar-refractivity contribution is -0.384. The lowest BCUT2D eigenvalue weighted by Gasteiger charge is -2.26. The van der Waals surface area contributed by atoms with Gasteiger partial charge in [-0.3, -0.25) is 19.7 Å². The number of benzene rings is 1. The van der Waals surface area contributed by atoms with E-state index in [2.05, 4.69) is 0 Å². The van der Waals surface area contributed by atoms with E-state index in [1.807, 2.05) is 0 Å². The third-order valence-electron chi connectivity index (χ3n) is 4.78. The molecule has 1 aromatic carbocycles. The van der Waals surface area contributed by atoms with Crippen LogP contribution in [0.25, 0.3) is 0 Å². The molecule has 0 aromatic heterocycles. The average molecular weight is 351 g/mol. The summed E-state index contributed by atoms with van der Waals surface area (Å²) in [4.78, 5) is 36.8. The number of carbonyl (C=O) groups is 2. The third kappa shape index (κ3) is 1.75. The van der Waals surface area contributed by atoms with Crippen LogP contribution in [0.15, 0.2) is 30.4 Å². The highest BCUT2D eigenvalue weighted by Gasteiger charge is 2.67. The van der Waals surface area contributed by atoms with Crippen LogP contribution in [0.5, 0.6) is 0 Å². The van der Waals surface area contributed by atoms with Gasteiger partial charge in [-0.25, -0.2) is 4.90 Å². The smallest absolute Gasteiger partial charge is 0.271 e. The largest absolute Gasteiger partial charge is 0.393 e. The van der Waals surface area contributed by atoms with Gasteiger partial charge >= 0.3 is 0 Å². The summed E-state index contributed by atoms with van der Waals surface area (Å²) in [6.07, 6.45) is 2.66. The number of ether oxygens (including phenoxy) is 1. The standard InChI is InChI=1S/C15H11ClN2O6/c16-8-2-1-7(18(22)23)5-9(8)17-13(20)11-10-3-4-15(6-19,24-10)12(11)14(17)21/h1-5,10-12,19H,6H2/t10-,11-,12-,15+/m0/s1. The summed E-state index contributed by atoms with van der Waals surface area (Å²) in [5, 5.41) is 20.7. The minimum Gasteiger partial charge on any atom is -0.393 e. The number of hydrogen-bond donors (Lipinski definition) is 1. The summed E-state index contributed by atoms with van der Waals surface area (Å²) in [6, 6.07) is 3.57. The molecule has 24 heavy (non-hydrogen) atoms. The number of imide groups is 1. The summed E-state index contributed by atoms with van der Waals surface area (Å²) in [5.74, 6) is -2.73. The fourth-order valence-electron chi connectivity index (χ4n) is 3.71. The van der Waals surface area contributed by atoms with E-state index in [-0.39, 0.29) is 16.4 Å². The quantitative estimate of drug-likeness (QED) is 0.377. The molecular formula is C15H11ClN2O6. The zero-order valence-electron chi connectivity index (χ0n) is 12.1. The summed E-state index contributed by atoms with van der Waals surface area (Å²) in [5.41, 5.74) is -1.52. The van der Waals surface area contributed by atoms with Gasteiger partial charge in [-0.2, -0.15) is 0 Å². The van der Waals surface area contributed by atoms with Crippen molar-refractivity contribution in [2.45, 2.75) is 11.7 Å². The molecule has 1 aromatic rings. The molecule has 3 aliphatic rings. The molecule has 2 saturated heterocycles. The first-order chi connectivity index (χ1) is 11.4. The molecule has 9 heteroatoms. The van der Waals surface area contributed by atoms with Crippen LogP contribution >= 0.6 is 11.6 Å². The van der Waals surface area contributed by atoms with E-state index in [0.29, 0.717) is 0 Å². The van der Waals surface area contributed by atoms with Gasteiger partial charge in [0.2, 0.25) is 11.8 Å². The second kappa shape index (κ2) is 4.85. The Balaban J connectivity index is 1.80. The van der Waals surface area contributed by atoms with Crippen LogP contribution in [0.4, 0.5) is 11.4 Å². The number of nitrogens with zero attached hydrogens (tertiary/aromatic N) is 2. The van der Waals surface area contributed by atoms with Crippen LogP contribution in [0, 0.1) is 22.0 Å². The Labute approximate surface area is 140 Å². The Kier molecular flexibility index (Phi) is 3.08. The first-order valence-electron chi connectivity index (χ1n) is 7.19. The lowest BCUT2D eigenvalue weighted by Crippen LogP contribution is -2.43. The highest BCUT2D eigenvalue weighted by Crippen LogP contribution is 2.52. The Bertz CT molecular complexity index is 824. The van der Waals surface area contributed by atoms with Crippen molar-refractivity contribution in [3.8, 4) is 0 Å². The van der Waals surface area contributed by atoms with Gasteiger partial charge in [0.25, 0.3) is 5.69 Å². The predicted octanol–water partition coefficient (Wildman–Crippen LogP) is 1.05. The summed E-state index contributed by atoms with van der Waals surface area (Å²) < 4.78 is 5.62. The maximum Gasteiger partial charge on any atom is 0.271 e. The van der Waals surface area contributed by atoms with E-state index < -0.39 is 46.9 Å². The SMILES string of the molecule is O=C1[C@H]2[C@@H]3C=C[C@](CO)(O3)[C@@H]2C(=O)N1c1cc([N+](=O)[O-])ccc1Cl. The van der Waals surface area contributed by atoms with E-state index in [9.17, 15) is 24.8 Å². The molecule has 3 aliphatic heterocycles. The van der Waals surface area contributed by atoms with Gasteiger partial charge in [0.05, 0.1) is 40.2 Å². The molecule has 0 unspecified atom stereocenters. The van der Waals surface area contributed by atoms with Gasteiger partial charge in [-0.1, -0.05) is 23.8 Å². The summed E-state index contributed by atoms with van der Waals surface area (Å²) >= 11 is 6.06. The van der Waals surface area contributed by atoms with Gasteiger partial charge in [0.1, 0.15) is 5.60 Å². The molecule has 124 valence electrons. The number of aliphatic hydroxyl groups is 1. The molecule has 2 bridgehead atoms. The van der Waals surface area contributed by atoms with Crippen molar-refractivity contribution >= 4 is 34.8 Å². The first-order valence-corrected chi connectivity index (χ1v) is 7.57. The van der Waals surface area contributed by atoms with E-state index >= 15 is 0 Å². The average Bonchev–Trinajstić information content (AvgIpc) is 3.19. The zero-order chi connectivity index (χ0) is 17.2. The van der Waals surface area contributed by atoms with Gasteiger partial charge in [-0.05, 0) is 6.07 Å². The fraction of sp³-hybridized carbons (Fsp3) is 0.333. The Hall–Kier alpha value is -2.29. The molecule has 0 saturated carbocycles.